The van der Waals surface area contributed by atoms with Gasteiger partial charge in [0.15, 0.2) is 0 Å². The van der Waals surface area contributed by atoms with Crippen LogP contribution in [0.2, 0.25) is 0 Å². The highest BCUT2D eigenvalue weighted by atomic mass is 32.1. The fourth-order valence-electron chi connectivity index (χ4n) is 3.81. The molecule has 9 heteroatoms. The number of amides is 2. The van der Waals surface area contributed by atoms with Crippen LogP contribution in [0.4, 0.5) is 0 Å². The summed E-state index contributed by atoms with van der Waals surface area (Å²) in [6.07, 6.45) is 1.80. The van der Waals surface area contributed by atoms with Crippen molar-refractivity contribution < 1.29 is 19.1 Å². The number of hydrogen-bond acceptors (Lipinski definition) is 7. The van der Waals surface area contributed by atoms with Crippen molar-refractivity contribution in [2.45, 2.75) is 13.0 Å². The average Bonchev–Trinajstić information content (AvgIpc) is 3.33. The van der Waals surface area contributed by atoms with Crippen molar-refractivity contribution in [3.63, 3.8) is 0 Å². The Kier molecular flexibility index (Phi) is 5.32. The summed E-state index contributed by atoms with van der Waals surface area (Å²) in [5, 5.41) is 3.61. The number of aryl methyl sites for hydroxylation is 1. The van der Waals surface area contributed by atoms with Crippen LogP contribution in [0.15, 0.2) is 36.5 Å². The minimum Gasteiger partial charge on any atom is -0.456 e. The number of methoxy groups -OCH3 is 1. The lowest BCUT2D eigenvalue weighted by molar-refractivity contribution is -0.0189. The quantitative estimate of drug-likeness (QED) is 0.469. The van der Waals surface area contributed by atoms with Crippen LogP contribution in [0, 0.1) is 6.92 Å². The van der Waals surface area contributed by atoms with Crippen LogP contribution >= 0.6 is 22.7 Å². The second-order valence-electron chi connectivity index (χ2n) is 7.57. The van der Waals surface area contributed by atoms with Crippen LogP contribution < -0.4 is 10.1 Å². The Balaban J connectivity index is 1.44. The molecule has 1 fully saturated rings. The van der Waals surface area contributed by atoms with E-state index in [0.717, 1.165) is 25.2 Å². The summed E-state index contributed by atoms with van der Waals surface area (Å²) in [5.41, 5.74) is 1.43. The second kappa shape index (κ2) is 8.16. The fraction of sp³-hybridized carbons (Fsp3) is 0.261. The molecular formula is C23H21N3O4S2. The third-order valence-corrected chi connectivity index (χ3v) is 7.77. The molecule has 1 aliphatic heterocycles. The molecule has 32 heavy (non-hydrogen) atoms. The smallest absolute Gasteiger partial charge is 0.264 e. The molecular weight excluding hydrogens is 446 g/mol. The highest BCUT2D eigenvalue weighted by molar-refractivity contribution is 7.21. The van der Waals surface area contributed by atoms with Crippen LogP contribution in [0.3, 0.4) is 0 Å². The lowest BCUT2D eigenvalue weighted by Gasteiger charge is -2.37. The second-order valence-corrected chi connectivity index (χ2v) is 9.88. The third kappa shape index (κ3) is 3.52. The Labute approximate surface area is 192 Å². The lowest BCUT2D eigenvalue weighted by atomic mass is 10.1. The van der Waals surface area contributed by atoms with Crippen molar-refractivity contribution in [3.05, 3.63) is 51.8 Å². The number of carbonyl (C=O) groups excluding carboxylic acids is 2. The first-order valence-corrected chi connectivity index (χ1v) is 11.8. The molecule has 1 aliphatic rings. The van der Waals surface area contributed by atoms with Gasteiger partial charge in [0.1, 0.15) is 11.5 Å². The Hall–Kier alpha value is -3.01. The number of nitrogens with zero attached hydrogens (tertiary/aromatic N) is 2. The number of likely N-dealkylation sites (tertiary alicyclic amines) is 1. The number of benzene rings is 1. The Bertz CT molecular complexity index is 1350. The van der Waals surface area contributed by atoms with Gasteiger partial charge in [-0.3, -0.25) is 14.6 Å². The van der Waals surface area contributed by atoms with E-state index < -0.39 is 0 Å². The molecule has 1 aromatic carbocycles. The Morgan fingerprint density at radius 1 is 1.19 bits per heavy atom. The first-order valence-electron chi connectivity index (χ1n) is 10.1. The monoisotopic (exact) mass is 467 g/mol. The van der Waals surface area contributed by atoms with Crippen molar-refractivity contribution in [3.8, 4) is 11.5 Å². The standard InChI is InChI=1S/C23H21N3O4S2/c1-12-20(22(27)24-2)15-5-4-13(8-18(15)31-12)30-17-6-7-25-16-9-19(32-21(16)17)23(28)26-10-14(11-26)29-3/h4-9,14H,10-11H2,1-3H3,(H,24,27). The summed E-state index contributed by atoms with van der Waals surface area (Å²) < 4.78 is 13.3. The molecule has 164 valence electrons. The Morgan fingerprint density at radius 3 is 2.75 bits per heavy atom. The number of rotatable bonds is 5. The number of nitrogens with one attached hydrogen (secondary N) is 1. The highest BCUT2D eigenvalue weighted by Crippen LogP contribution is 2.38. The zero-order valence-electron chi connectivity index (χ0n) is 17.8. The van der Waals surface area contributed by atoms with E-state index in [9.17, 15) is 9.59 Å². The molecule has 0 spiro atoms. The van der Waals surface area contributed by atoms with Gasteiger partial charge in [0.05, 0.1) is 26.8 Å². The zero-order valence-corrected chi connectivity index (χ0v) is 19.4. The molecule has 0 saturated carbocycles. The number of ether oxygens (including phenoxy) is 2. The average molecular weight is 468 g/mol. The van der Waals surface area contributed by atoms with E-state index in [2.05, 4.69) is 10.3 Å². The number of hydrogen-bond donors (Lipinski definition) is 1. The molecule has 0 unspecified atom stereocenters. The molecule has 0 radical (unpaired) electrons. The summed E-state index contributed by atoms with van der Waals surface area (Å²) in [4.78, 5) is 32.8. The van der Waals surface area contributed by atoms with Crippen LogP contribution in [-0.2, 0) is 4.74 Å². The SMILES string of the molecule is CNC(=O)c1c(C)sc2cc(Oc3ccnc4cc(C(=O)N5CC(OC)C5)sc34)ccc12. The number of fused-ring (bicyclic) bond motifs is 2. The van der Waals surface area contributed by atoms with E-state index in [1.807, 2.05) is 31.2 Å². The van der Waals surface area contributed by atoms with Gasteiger partial charge in [-0.05, 0) is 31.2 Å². The van der Waals surface area contributed by atoms with Gasteiger partial charge in [0, 0.05) is 54.5 Å². The van der Waals surface area contributed by atoms with Crippen molar-refractivity contribution in [1.82, 2.24) is 15.2 Å². The fourth-order valence-corrected chi connectivity index (χ4v) is 5.93. The van der Waals surface area contributed by atoms with E-state index in [1.54, 1.807) is 42.7 Å². The van der Waals surface area contributed by atoms with Crippen LogP contribution in [0.25, 0.3) is 20.3 Å². The van der Waals surface area contributed by atoms with Gasteiger partial charge >= 0.3 is 0 Å². The highest BCUT2D eigenvalue weighted by Gasteiger charge is 2.32. The molecule has 1 saturated heterocycles. The van der Waals surface area contributed by atoms with Crippen LogP contribution in [0.1, 0.15) is 24.9 Å². The summed E-state index contributed by atoms with van der Waals surface area (Å²) >= 11 is 2.95. The van der Waals surface area contributed by atoms with Gasteiger partial charge in [-0.25, -0.2) is 0 Å². The first kappa shape index (κ1) is 20.9. The van der Waals surface area contributed by atoms with Gasteiger partial charge in [-0.2, -0.15) is 0 Å². The van der Waals surface area contributed by atoms with E-state index in [4.69, 9.17) is 9.47 Å². The number of aromatic nitrogens is 1. The minimum atomic E-state index is -0.0898. The minimum absolute atomic E-state index is 0.00976. The predicted octanol–water partition coefficient (Wildman–Crippen LogP) is 4.44. The number of thiophene rings is 2. The van der Waals surface area contributed by atoms with Crippen molar-refractivity contribution in [2.75, 3.05) is 27.2 Å². The van der Waals surface area contributed by atoms with Gasteiger partial charge in [-0.15, -0.1) is 22.7 Å². The molecule has 0 aliphatic carbocycles. The largest absolute Gasteiger partial charge is 0.456 e. The maximum absolute atomic E-state index is 12.8. The van der Waals surface area contributed by atoms with Crippen molar-refractivity contribution in [1.29, 1.82) is 0 Å². The molecule has 1 N–H and O–H groups in total. The molecule has 7 nitrogen and oxygen atoms in total. The summed E-state index contributed by atoms with van der Waals surface area (Å²) in [5.74, 6) is 1.22. The molecule has 3 aromatic heterocycles. The number of pyridine rings is 1. The lowest BCUT2D eigenvalue weighted by Crippen LogP contribution is -2.54. The Morgan fingerprint density at radius 2 is 2.00 bits per heavy atom. The number of carbonyl (C=O) groups is 2. The normalized spacial score (nSPS) is 14.0. The first-order chi connectivity index (χ1) is 15.5. The maximum atomic E-state index is 12.8. The van der Waals surface area contributed by atoms with E-state index in [0.29, 0.717) is 35.0 Å². The zero-order chi connectivity index (χ0) is 22.4. The molecule has 2 amide bonds. The van der Waals surface area contributed by atoms with Gasteiger partial charge in [-0.1, -0.05) is 0 Å². The topological polar surface area (TPSA) is 80.8 Å². The maximum Gasteiger partial charge on any atom is 0.264 e. The van der Waals surface area contributed by atoms with E-state index >= 15 is 0 Å². The molecule has 5 rings (SSSR count). The third-order valence-electron chi connectivity index (χ3n) is 5.57. The molecule has 4 aromatic rings. The van der Waals surface area contributed by atoms with Crippen molar-refractivity contribution >= 4 is 54.8 Å². The van der Waals surface area contributed by atoms with E-state index in [1.165, 1.54) is 11.3 Å². The van der Waals surface area contributed by atoms with Gasteiger partial charge in [0.2, 0.25) is 0 Å². The van der Waals surface area contributed by atoms with Crippen LogP contribution in [0.5, 0.6) is 11.5 Å². The van der Waals surface area contributed by atoms with Gasteiger partial charge in [0.25, 0.3) is 11.8 Å². The summed E-state index contributed by atoms with van der Waals surface area (Å²) in [6.45, 7) is 3.16. The van der Waals surface area contributed by atoms with Crippen molar-refractivity contribution in [2.24, 2.45) is 0 Å². The summed E-state index contributed by atoms with van der Waals surface area (Å²) in [7, 11) is 3.29. The molecule has 0 atom stereocenters. The van der Waals surface area contributed by atoms with E-state index in [-0.39, 0.29) is 17.9 Å². The predicted molar refractivity (Wildman–Crippen MR) is 126 cm³/mol. The van der Waals surface area contributed by atoms with Gasteiger partial charge < -0.3 is 19.7 Å². The van der Waals surface area contributed by atoms with Crippen LogP contribution in [-0.4, -0.2) is 55.0 Å². The summed E-state index contributed by atoms with van der Waals surface area (Å²) in [6, 6.07) is 9.33. The molecule has 4 heterocycles. The molecule has 0 bridgehead atoms.